The van der Waals surface area contributed by atoms with Crippen molar-refractivity contribution in [1.82, 2.24) is 0 Å². The van der Waals surface area contributed by atoms with Crippen LogP contribution in [0.5, 0.6) is 0 Å². The summed E-state index contributed by atoms with van der Waals surface area (Å²) in [4.78, 5) is 11.5. The molecule has 0 radical (unpaired) electrons. The van der Waals surface area contributed by atoms with Gasteiger partial charge in [-0.2, -0.15) is 0 Å². The summed E-state index contributed by atoms with van der Waals surface area (Å²) in [7, 11) is 0. The van der Waals surface area contributed by atoms with Crippen LogP contribution < -0.4 is 0 Å². The van der Waals surface area contributed by atoms with Crippen LogP contribution >= 0.6 is 34.5 Å². The van der Waals surface area contributed by atoms with Crippen LogP contribution in [-0.4, -0.2) is 44.7 Å². The molecule has 1 heterocycles. The van der Waals surface area contributed by atoms with Gasteiger partial charge in [0.2, 0.25) is 0 Å². The van der Waals surface area contributed by atoms with Crippen LogP contribution in [0.15, 0.2) is 30.4 Å². The molecule has 5 atom stereocenters. The number of aryl methyl sites for hydroxylation is 1. The molecular formula is C21H28Cl2O5S. The van der Waals surface area contributed by atoms with Gasteiger partial charge < -0.3 is 20.4 Å². The highest BCUT2D eigenvalue weighted by Gasteiger charge is 2.39. The van der Waals surface area contributed by atoms with Gasteiger partial charge in [0, 0.05) is 23.6 Å². The number of thiophene rings is 1. The molecular weight excluding hydrogens is 435 g/mol. The Morgan fingerprint density at radius 3 is 2.69 bits per heavy atom. The van der Waals surface area contributed by atoms with Crippen LogP contribution in [0.4, 0.5) is 0 Å². The predicted octanol–water partition coefficient (Wildman–Crippen LogP) is 4.46. The fourth-order valence-corrected chi connectivity index (χ4v) is 5.05. The van der Waals surface area contributed by atoms with Gasteiger partial charge in [-0.15, -0.1) is 11.3 Å². The van der Waals surface area contributed by atoms with Gasteiger partial charge in [-0.05, 0) is 44.1 Å². The highest BCUT2D eigenvalue weighted by Crippen LogP contribution is 2.36. The van der Waals surface area contributed by atoms with Crippen molar-refractivity contribution in [1.29, 1.82) is 0 Å². The first kappa shape index (κ1) is 24.4. The van der Waals surface area contributed by atoms with Crippen molar-refractivity contribution >= 4 is 40.5 Å². The standard InChI is InChI=1S/C21H28Cl2O5S/c22-17-11-14(29-21(17)23)9-7-13(24)8-10-16-15(18(25)12-19(16)26)5-3-1-2-4-6-20(27)28/h1,3,8,10-11,13,15-16,18-19,24-26H,2,4-7,9,12H2,(H,27,28)/t13?,15-,16-,18?,19?/m1/s1. The molecule has 1 aromatic heterocycles. The molecule has 162 valence electrons. The molecule has 0 bridgehead atoms. The molecule has 1 saturated carbocycles. The molecule has 1 aromatic rings. The summed E-state index contributed by atoms with van der Waals surface area (Å²) in [5.74, 6) is -1.16. The number of aliphatic hydroxyl groups excluding tert-OH is 3. The fraction of sp³-hybridized carbons (Fsp3) is 0.571. The van der Waals surface area contributed by atoms with Crippen molar-refractivity contribution in [3.63, 3.8) is 0 Å². The van der Waals surface area contributed by atoms with Gasteiger partial charge in [0.25, 0.3) is 0 Å². The van der Waals surface area contributed by atoms with E-state index in [9.17, 15) is 20.1 Å². The van der Waals surface area contributed by atoms with E-state index in [1.54, 1.807) is 12.1 Å². The minimum Gasteiger partial charge on any atom is -0.481 e. The molecule has 0 amide bonds. The first-order valence-electron chi connectivity index (χ1n) is 9.81. The minimum atomic E-state index is -0.804. The van der Waals surface area contributed by atoms with Gasteiger partial charge in [-0.25, -0.2) is 0 Å². The van der Waals surface area contributed by atoms with E-state index in [0.717, 1.165) is 4.88 Å². The monoisotopic (exact) mass is 462 g/mol. The van der Waals surface area contributed by atoms with E-state index < -0.39 is 24.3 Å². The lowest BCUT2D eigenvalue weighted by molar-refractivity contribution is -0.137. The summed E-state index contributed by atoms with van der Waals surface area (Å²) in [5, 5.41) is 39.9. The number of aliphatic carboxylic acids is 1. The summed E-state index contributed by atoms with van der Waals surface area (Å²) in [6, 6.07) is 1.81. The van der Waals surface area contributed by atoms with Gasteiger partial charge in [0.1, 0.15) is 4.34 Å². The molecule has 0 spiro atoms. The molecule has 3 unspecified atom stereocenters. The molecule has 1 fully saturated rings. The van der Waals surface area contributed by atoms with Crippen molar-refractivity contribution < 1.29 is 25.2 Å². The second-order valence-corrected chi connectivity index (χ2v) is 9.58. The summed E-state index contributed by atoms with van der Waals surface area (Å²) >= 11 is 13.3. The molecule has 8 heteroatoms. The fourth-order valence-electron chi connectivity index (χ4n) is 3.61. The lowest BCUT2D eigenvalue weighted by Gasteiger charge is -2.19. The maximum atomic E-state index is 10.5. The molecule has 29 heavy (non-hydrogen) atoms. The molecule has 0 aliphatic heterocycles. The van der Waals surface area contributed by atoms with Gasteiger partial charge in [-0.3, -0.25) is 4.79 Å². The van der Waals surface area contributed by atoms with Crippen molar-refractivity contribution in [3.05, 3.63) is 44.6 Å². The third-order valence-corrected chi connectivity index (χ3v) is 7.12. The summed E-state index contributed by atoms with van der Waals surface area (Å²) in [6.45, 7) is 0. The molecule has 1 aliphatic carbocycles. The largest absolute Gasteiger partial charge is 0.481 e. The predicted molar refractivity (Wildman–Crippen MR) is 117 cm³/mol. The zero-order valence-corrected chi connectivity index (χ0v) is 18.4. The highest BCUT2D eigenvalue weighted by molar-refractivity contribution is 7.16. The number of aliphatic hydroxyl groups is 3. The average molecular weight is 463 g/mol. The van der Waals surface area contributed by atoms with E-state index in [1.165, 1.54) is 11.3 Å². The van der Waals surface area contributed by atoms with Gasteiger partial charge >= 0.3 is 5.97 Å². The smallest absolute Gasteiger partial charge is 0.303 e. The number of carbonyl (C=O) groups is 1. The Kier molecular flexibility index (Phi) is 10.2. The molecule has 0 aromatic carbocycles. The molecule has 0 saturated heterocycles. The number of hydrogen-bond acceptors (Lipinski definition) is 5. The number of rotatable bonds is 11. The number of hydrogen-bond donors (Lipinski definition) is 4. The number of unbranched alkanes of at least 4 members (excludes halogenated alkanes) is 1. The Labute approximate surface area is 185 Å². The Morgan fingerprint density at radius 2 is 2.03 bits per heavy atom. The normalized spacial score (nSPS) is 26.0. The maximum Gasteiger partial charge on any atom is 0.303 e. The first-order chi connectivity index (χ1) is 13.8. The van der Waals surface area contributed by atoms with E-state index in [4.69, 9.17) is 28.3 Å². The summed E-state index contributed by atoms with van der Waals surface area (Å²) < 4.78 is 0.550. The number of carboxylic acids is 1. The molecule has 5 nitrogen and oxygen atoms in total. The Hall–Kier alpha value is -0.890. The van der Waals surface area contributed by atoms with Gasteiger partial charge in [0.15, 0.2) is 0 Å². The second kappa shape index (κ2) is 12.1. The van der Waals surface area contributed by atoms with Crippen molar-refractivity contribution in [3.8, 4) is 0 Å². The highest BCUT2D eigenvalue weighted by atomic mass is 35.5. The SMILES string of the molecule is O=C(O)CCCC=CC[C@H]1C(O)CC(O)[C@@H]1C=CC(O)CCc1cc(Cl)c(Cl)s1. The maximum absolute atomic E-state index is 10.5. The van der Waals surface area contributed by atoms with Crippen LogP contribution in [0, 0.1) is 11.8 Å². The molecule has 2 rings (SSSR count). The van der Waals surface area contributed by atoms with Crippen molar-refractivity contribution in [2.75, 3.05) is 0 Å². The third-order valence-electron chi connectivity index (χ3n) is 5.19. The van der Waals surface area contributed by atoms with E-state index in [0.29, 0.717) is 47.9 Å². The minimum absolute atomic E-state index is 0.126. The van der Waals surface area contributed by atoms with Crippen LogP contribution in [0.2, 0.25) is 9.36 Å². The lowest BCUT2D eigenvalue weighted by Crippen LogP contribution is -2.20. The van der Waals surface area contributed by atoms with Gasteiger partial charge in [0.05, 0.1) is 23.3 Å². The zero-order valence-electron chi connectivity index (χ0n) is 16.1. The summed E-state index contributed by atoms with van der Waals surface area (Å²) in [6.07, 6.45) is 8.93. The van der Waals surface area contributed by atoms with E-state index in [1.807, 2.05) is 18.2 Å². The van der Waals surface area contributed by atoms with Crippen LogP contribution in [-0.2, 0) is 11.2 Å². The van der Waals surface area contributed by atoms with E-state index >= 15 is 0 Å². The van der Waals surface area contributed by atoms with E-state index in [2.05, 4.69) is 0 Å². The summed E-state index contributed by atoms with van der Waals surface area (Å²) in [5.41, 5.74) is 0. The van der Waals surface area contributed by atoms with Crippen molar-refractivity contribution in [2.24, 2.45) is 11.8 Å². The molecule has 4 N–H and O–H groups in total. The topological polar surface area (TPSA) is 98.0 Å². The van der Waals surface area contributed by atoms with E-state index in [-0.39, 0.29) is 18.3 Å². The van der Waals surface area contributed by atoms with Crippen LogP contribution in [0.3, 0.4) is 0 Å². The average Bonchev–Trinajstić information content (AvgIpc) is 3.11. The number of carboxylic acid groups (broad SMARTS) is 1. The Morgan fingerprint density at radius 1 is 1.28 bits per heavy atom. The van der Waals surface area contributed by atoms with Crippen LogP contribution in [0.1, 0.15) is 43.4 Å². The Balaban J connectivity index is 1.83. The third kappa shape index (κ3) is 8.04. The Bertz CT molecular complexity index is 698. The number of halogens is 2. The van der Waals surface area contributed by atoms with Crippen LogP contribution in [0.25, 0.3) is 0 Å². The van der Waals surface area contributed by atoms with Gasteiger partial charge in [-0.1, -0.05) is 47.5 Å². The lowest BCUT2D eigenvalue weighted by atomic mass is 9.89. The first-order valence-corrected chi connectivity index (χ1v) is 11.4. The molecule has 1 aliphatic rings. The quantitative estimate of drug-likeness (QED) is 0.287. The number of allylic oxidation sites excluding steroid dienone is 2. The second-order valence-electron chi connectivity index (χ2n) is 7.43. The zero-order chi connectivity index (χ0) is 21.4. The van der Waals surface area contributed by atoms with Crippen molar-refractivity contribution in [2.45, 2.75) is 63.3 Å².